The third kappa shape index (κ3) is 5.03. The van der Waals surface area contributed by atoms with Gasteiger partial charge in [0, 0.05) is 24.2 Å². The van der Waals surface area contributed by atoms with Crippen LogP contribution in [0.5, 0.6) is 0 Å². The lowest BCUT2D eigenvalue weighted by atomic mass is 9.96. The van der Waals surface area contributed by atoms with Crippen molar-refractivity contribution in [3.8, 4) is 17.3 Å². The molecule has 1 amide bonds. The van der Waals surface area contributed by atoms with Gasteiger partial charge in [-0.25, -0.2) is 4.98 Å². The molecule has 0 bridgehead atoms. The number of amides is 1. The van der Waals surface area contributed by atoms with Crippen molar-refractivity contribution in [2.24, 2.45) is 0 Å². The van der Waals surface area contributed by atoms with Gasteiger partial charge in [0.1, 0.15) is 5.82 Å². The topological polar surface area (TPSA) is 91.6 Å². The summed E-state index contributed by atoms with van der Waals surface area (Å²) in [5, 5.41) is 12.3. The molecule has 0 spiro atoms. The van der Waals surface area contributed by atoms with Gasteiger partial charge in [0.2, 0.25) is 5.91 Å². The Morgan fingerprint density at radius 1 is 1.13 bits per heavy atom. The molecule has 30 heavy (non-hydrogen) atoms. The molecule has 0 atom stereocenters. The quantitative estimate of drug-likeness (QED) is 0.617. The Hall–Kier alpha value is -4.11. The van der Waals surface area contributed by atoms with Gasteiger partial charge in [0.25, 0.3) is 0 Å². The maximum absolute atomic E-state index is 12.4. The SMILES string of the molecule is CC=CC(=CC)c1ccc(CC(=O)Nc2ccc(-c3cnccn3)cn2)cc1C#N. The fourth-order valence-corrected chi connectivity index (χ4v) is 3.01. The molecule has 6 heteroatoms. The molecule has 3 rings (SSSR count). The van der Waals surface area contributed by atoms with Crippen molar-refractivity contribution >= 4 is 17.3 Å². The average molecular weight is 395 g/mol. The lowest BCUT2D eigenvalue weighted by Crippen LogP contribution is -2.15. The Morgan fingerprint density at radius 3 is 2.63 bits per heavy atom. The van der Waals surface area contributed by atoms with Gasteiger partial charge in [0.15, 0.2) is 0 Å². The van der Waals surface area contributed by atoms with E-state index in [1.807, 2.05) is 50.3 Å². The lowest BCUT2D eigenvalue weighted by Gasteiger charge is -2.09. The number of carbonyl (C=O) groups is 1. The standard InChI is InChI=1S/C24H21N5O/c1-3-5-18(4-2)21-8-6-17(12-20(21)14-25)13-24(30)29-23-9-7-19(15-28-23)22-16-26-10-11-27-22/h3-12,15-16H,13H2,1-2H3,(H,28,29,30). The van der Waals surface area contributed by atoms with Crippen molar-refractivity contribution in [2.75, 3.05) is 5.32 Å². The number of hydrogen-bond acceptors (Lipinski definition) is 5. The Morgan fingerprint density at radius 2 is 2.00 bits per heavy atom. The molecule has 0 fully saturated rings. The van der Waals surface area contributed by atoms with Crippen LogP contribution in [0.4, 0.5) is 5.82 Å². The molecular weight excluding hydrogens is 374 g/mol. The van der Waals surface area contributed by atoms with E-state index in [1.54, 1.807) is 36.9 Å². The maximum Gasteiger partial charge on any atom is 0.229 e. The molecule has 148 valence electrons. The minimum Gasteiger partial charge on any atom is -0.310 e. The first-order valence-corrected chi connectivity index (χ1v) is 9.49. The van der Waals surface area contributed by atoms with Gasteiger partial charge in [-0.3, -0.25) is 14.8 Å². The van der Waals surface area contributed by atoms with Crippen LogP contribution in [0.3, 0.4) is 0 Å². The van der Waals surface area contributed by atoms with Crippen LogP contribution in [0, 0.1) is 11.3 Å². The summed E-state index contributed by atoms with van der Waals surface area (Å²) in [6.45, 7) is 3.86. The Balaban J connectivity index is 1.70. The number of aromatic nitrogens is 3. The molecule has 0 aliphatic carbocycles. The first-order chi connectivity index (χ1) is 14.6. The molecule has 0 unspecified atom stereocenters. The minimum absolute atomic E-state index is 0.150. The zero-order valence-electron chi connectivity index (χ0n) is 16.8. The lowest BCUT2D eigenvalue weighted by molar-refractivity contribution is -0.115. The van der Waals surface area contributed by atoms with Crippen LogP contribution in [0.15, 0.2) is 73.3 Å². The van der Waals surface area contributed by atoms with Gasteiger partial charge < -0.3 is 5.32 Å². The van der Waals surface area contributed by atoms with E-state index in [-0.39, 0.29) is 12.3 Å². The van der Waals surface area contributed by atoms with Crippen LogP contribution < -0.4 is 5.32 Å². The number of carbonyl (C=O) groups excluding carboxylic acids is 1. The molecule has 1 aromatic carbocycles. The Kier molecular flexibility index (Phi) is 6.80. The molecule has 0 aliphatic rings. The molecule has 0 radical (unpaired) electrons. The molecule has 0 saturated carbocycles. The van der Waals surface area contributed by atoms with Crippen LogP contribution >= 0.6 is 0 Å². The number of nitriles is 1. The highest BCUT2D eigenvalue weighted by Crippen LogP contribution is 2.22. The monoisotopic (exact) mass is 395 g/mol. The summed E-state index contributed by atoms with van der Waals surface area (Å²) in [7, 11) is 0. The van der Waals surface area contributed by atoms with E-state index < -0.39 is 0 Å². The zero-order chi connectivity index (χ0) is 21.3. The average Bonchev–Trinajstić information content (AvgIpc) is 2.78. The summed E-state index contributed by atoms with van der Waals surface area (Å²) in [6, 6.07) is 11.3. The van der Waals surface area contributed by atoms with Gasteiger partial charge in [-0.05, 0) is 48.7 Å². The predicted molar refractivity (Wildman–Crippen MR) is 117 cm³/mol. The second-order valence-electron chi connectivity index (χ2n) is 6.48. The van der Waals surface area contributed by atoms with Crippen molar-refractivity contribution < 1.29 is 4.79 Å². The summed E-state index contributed by atoms with van der Waals surface area (Å²) in [5.41, 5.74) is 4.65. The van der Waals surface area contributed by atoms with Crippen molar-refractivity contribution in [1.29, 1.82) is 5.26 Å². The number of allylic oxidation sites excluding steroid dienone is 4. The zero-order valence-corrected chi connectivity index (χ0v) is 16.8. The third-order valence-corrected chi connectivity index (χ3v) is 4.43. The van der Waals surface area contributed by atoms with Crippen molar-refractivity contribution in [2.45, 2.75) is 20.3 Å². The molecule has 6 nitrogen and oxygen atoms in total. The fourth-order valence-electron chi connectivity index (χ4n) is 3.01. The summed E-state index contributed by atoms with van der Waals surface area (Å²) in [4.78, 5) is 25.0. The molecule has 3 aromatic rings. The molecule has 2 aromatic heterocycles. The highest BCUT2D eigenvalue weighted by Gasteiger charge is 2.10. The summed E-state index contributed by atoms with van der Waals surface area (Å²) < 4.78 is 0. The number of nitrogens with zero attached hydrogens (tertiary/aromatic N) is 4. The maximum atomic E-state index is 12.4. The van der Waals surface area contributed by atoms with Gasteiger partial charge in [-0.1, -0.05) is 30.4 Å². The second-order valence-corrected chi connectivity index (χ2v) is 6.48. The van der Waals surface area contributed by atoms with Gasteiger partial charge in [-0.2, -0.15) is 5.26 Å². The molecular formula is C24H21N5O. The van der Waals surface area contributed by atoms with Gasteiger partial charge in [0.05, 0.1) is 29.9 Å². The van der Waals surface area contributed by atoms with Gasteiger partial charge >= 0.3 is 0 Å². The molecule has 2 heterocycles. The predicted octanol–water partition coefficient (Wildman–Crippen LogP) is 4.57. The number of nitrogens with one attached hydrogen (secondary N) is 1. The van der Waals surface area contributed by atoms with E-state index >= 15 is 0 Å². The minimum atomic E-state index is -0.203. The molecule has 0 saturated heterocycles. The van der Waals surface area contributed by atoms with Crippen LogP contribution in [-0.2, 0) is 11.2 Å². The number of hydrogen-bond donors (Lipinski definition) is 1. The number of anilines is 1. The third-order valence-electron chi connectivity index (χ3n) is 4.43. The highest BCUT2D eigenvalue weighted by atomic mass is 16.1. The number of rotatable bonds is 6. The number of pyridine rings is 1. The summed E-state index contributed by atoms with van der Waals surface area (Å²) in [5.74, 6) is 0.250. The van der Waals surface area contributed by atoms with Gasteiger partial charge in [-0.15, -0.1) is 0 Å². The van der Waals surface area contributed by atoms with E-state index in [0.717, 1.165) is 22.3 Å². The fraction of sp³-hybridized carbons (Fsp3) is 0.125. The highest BCUT2D eigenvalue weighted by molar-refractivity contribution is 5.91. The van der Waals surface area contributed by atoms with Crippen LogP contribution in [0.25, 0.3) is 16.8 Å². The van der Waals surface area contributed by atoms with Crippen LogP contribution in [-0.4, -0.2) is 20.9 Å². The van der Waals surface area contributed by atoms with Crippen LogP contribution in [0.1, 0.15) is 30.5 Å². The van der Waals surface area contributed by atoms with Crippen molar-refractivity contribution in [3.63, 3.8) is 0 Å². The first-order valence-electron chi connectivity index (χ1n) is 9.49. The van der Waals surface area contributed by atoms with E-state index in [1.165, 1.54) is 0 Å². The van der Waals surface area contributed by atoms with Crippen molar-refractivity contribution in [3.05, 3.63) is 90.0 Å². The Bertz CT molecular complexity index is 1130. The molecule has 1 N–H and O–H groups in total. The normalized spacial score (nSPS) is 11.3. The number of benzene rings is 1. The first kappa shape index (κ1) is 20.6. The van der Waals surface area contributed by atoms with E-state index in [9.17, 15) is 10.1 Å². The summed E-state index contributed by atoms with van der Waals surface area (Å²) >= 11 is 0. The largest absolute Gasteiger partial charge is 0.310 e. The van der Waals surface area contributed by atoms with Crippen LogP contribution in [0.2, 0.25) is 0 Å². The van der Waals surface area contributed by atoms with Crippen molar-refractivity contribution in [1.82, 2.24) is 15.0 Å². The molecule has 0 aliphatic heterocycles. The second kappa shape index (κ2) is 9.89. The smallest absolute Gasteiger partial charge is 0.229 e. The summed E-state index contributed by atoms with van der Waals surface area (Å²) in [6.07, 6.45) is 12.5. The van der Waals surface area contributed by atoms with E-state index in [2.05, 4.69) is 26.3 Å². The van der Waals surface area contributed by atoms with E-state index in [4.69, 9.17) is 0 Å². The van der Waals surface area contributed by atoms with E-state index in [0.29, 0.717) is 17.1 Å². The Labute approximate surface area is 175 Å².